The summed E-state index contributed by atoms with van der Waals surface area (Å²) in [5.41, 5.74) is -3.45. The van der Waals surface area contributed by atoms with Gasteiger partial charge in [-0.1, -0.05) is 48.5 Å². The number of hydrogen-bond acceptors (Lipinski definition) is 18. The van der Waals surface area contributed by atoms with Crippen molar-refractivity contribution in [3.63, 3.8) is 0 Å². The van der Waals surface area contributed by atoms with Gasteiger partial charge in [0.25, 0.3) is 0 Å². The van der Waals surface area contributed by atoms with Crippen LogP contribution < -0.4 is 139 Å². The van der Waals surface area contributed by atoms with Gasteiger partial charge in [0.1, 0.15) is 23.0 Å². The summed E-state index contributed by atoms with van der Waals surface area (Å²) in [6.45, 7) is 0. The molecule has 328 valence electrons. The standard InChI is InChI=1S/4C7H6O3.C6H8O7.C4H6O4.4Na/c4*8-6-4-2-1-3-5(6)7(9)10;7-3(8)1-6(13,5(11)12)2-4(9)10;5-3(6)1-2-4(7)8;;;;/h4*1-4,8H,(H,9,10);13H,1-2H2,(H,7,8)(H,9,10)(H,11,12);1-2H2,(H,5,6)(H,7,8);;;;/q;;;;;;4*+1/p-4. The maximum atomic E-state index is 10.3. The molecule has 0 aromatic heterocycles. The molecular weight excluding hydrogens is 916 g/mol. The van der Waals surface area contributed by atoms with Crippen LogP contribution in [0.3, 0.4) is 0 Å². The first-order valence-electron chi connectivity index (χ1n) is 16.1. The third-order valence-electron chi connectivity index (χ3n) is 6.33. The van der Waals surface area contributed by atoms with E-state index >= 15 is 0 Å². The molecule has 0 atom stereocenters. The van der Waals surface area contributed by atoms with E-state index in [1.165, 1.54) is 72.8 Å². The predicted octanol–water partition coefficient (Wildman–Crippen LogP) is -14.3. The van der Waals surface area contributed by atoms with E-state index in [0.717, 1.165) is 0 Å². The molecule has 0 bridgehead atoms. The SMILES string of the molecule is O=C(O)CC(O)(CC(=O)O)C(=O)O.O=C(O)CCC(=O)O.O=C([O-])c1ccccc1O.O=C([O-])c1ccccc1O.O=C([O-])c1ccccc1O.O=C([O-])c1ccccc1O.[Na+].[Na+].[Na+].[Na+]. The van der Waals surface area contributed by atoms with E-state index in [1.807, 2.05) is 0 Å². The van der Waals surface area contributed by atoms with Crippen molar-refractivity contribution in [2.75, 3.05) is 0 Å². The zero-order chi connectivity index (χ0) is 47.5. The number of rotatable bonds is 12. The van der Waals surface area contributed by atoms with Gasteiger partial charge in [-0.2, -0.15) is 0 Å². The molecule has 0 heterocycles. The Hall–Kier alpha value is -4.73. The summed E-state index contributed by atoms with van der Waals surface area (Å²) < 4.78 is 0. The summed E-state index contributed by atoms with van der Waals surface area (Å²) in [6.07, 6.45) is -2.88. The van der Waals surface area contributed by atoms with Gasteiger partial charge in [-0.15, -0.1) is 0 Å². The van der Waals surface area contributed by atoms with Crippen LogP contribution in [0, 0.1) is 0 Å². The van der Waals surface area contributed by atoms with E-state index in [1.54, 1.807) is 24.3 Å². The van der Waals surface area contributed by atoms with Gasteiger partial charge in [0.15, 0.2) is 5.60 Å². The molecule has 0 radical (unpaired) electrons. The number of hydrogen-bond donors (Lipinski definition) is 10. The van der Waals surface area contributed by atoms with Gasteiger partial charge in [-0.3, -0.25) is 19.2 Å². The number of carboxylic acid groups (broad SMARTS) is 9. The smallest absolute Gasteiger partial charge is 0.545 e. The molecule has 0 fully saturated rings. The normalized spacial score (nSPS) is 8.88. The zero-order valence-corrected chi connectivity index (χ0v) is 42.8. The fourth-order valence-corrected chi connectivity index (χ4v) is 3.51. The van der Waals surface area contributed by atoms with Crippen molar-refractivity contribution in [2.24, 2.45) is 0 Å². The summed E-state index contributed by atoms with van der Waals surface area (Å²) >= 11 is 0. The molecule has 0 amide bonds. The van der Waals surface area contributed by atoms with Gasteiger partial charge in [0, 0.05) is 22.3 Å². The number of carbonyl (C=O) groups excluding carboxylic acids is 4. The minimum atomic E-state index is -2.74. The third-order valence-corrected chi connectivity index (χ3v) is 6.33. The summed E-state index contributed by atoms with van der Waals surface area (Å²) in [4.78, 5) is 90.4. The van der Waals surface area contributed by atoms with E-state index in [2.05, 4.69) is 0 Å². The molecule has 4 aromatic rings. The third kappa shape index (κ3) is 33.4. The Bertz CT molecular complexity index is 1910. The minimum absolute atomic E-state index is 0. The first-order valence-corrected chi connectivity index (χ1v) is 16.1. The van der Waals surface area contributed by atoms with Crippen LogP contribution in [-0.4, -0.2) is 110 Å². The van der Waals surface area contributed by atoms with Crippen LogP contribution in [0.15, 0.2) is 97.1 Å². The Kier molecular flexibility index (Phi) is 42.6. The number of aromatic carboxylic acids is 4. The number of carboxylic acids is 9. The molecule has 4 rings (SSSR count). The Balaban J connectivity index is -0.000000159. The molecule has 10 N–H and O–H groups in total. The molecule has 0 saturated carbocycles. The summed E-state index contributed by atoms with van der Waals surface area (Å²) in [5.74, 6) is -13.7. The predicted molar refractivity (Wildman–Crippen MR) is 191 cm³/mol. The van der Waals surface area contributed by atoms with Crippen LogP contribution in [0.25, 0.3) is 0 Å². The van der Waals surface area contributed by atoms with Gasteiger partial charge in [-0.05, 0) is 48.5 Å². The van der Waals surface area contributed by atoms with E-state index in [9.17, 15) is 63.6 Å². The molecule has 4 aromatic carbocycles. The Morgan fingerprint density at radius 2 is 0.554 bits per heavy atom. The molecule has 0 aliphatic rings. The Labute approximate surface area is 455 Å². The van der Waals surface area contributed by atoms with Crippen LogP contribution in [0.1, 0.15) is 67.1 Å². The summed E-state index contributed by atoms with van der Waals surface area (Å²) in [5, 5.41) is 126. The summed E-state index contributed by atoms with van der Waals surface area (Å²) in [7, 11) is 0. The maximum Gasteiger partial charge on any atom is 1.00 e. The first kappa shape index (κ1) is 71.9. The number of aromatic hydroxyl groups is 4. The Morgan fingerprint density at radius 3 is 0.662 bits per heavy atom. The number of benzene rings is 4. The average molecular weight is 951 g/mol. The molecule has 0 spiro atoms. The second kappa shape index (κ2) is 38.5. The van der Waals surface area contributed by atoms with Gasteiger partial charge in [0.2, 0.25) is 0 Å². The van der Waals surface area contributed by atoms with Gasteiger partial charge in [-0.25, -0.2) is 4.79 Å². The maximum absolute atomic E-state index is 10.3. The second-order valence-electron chi connectivity index (χ2n) is 11.0. The second-order valence-corrected chi connectivity index (χ2v) is 11.0. The largest absolute Gasteiger partial charge is 1.00 e. The fraction of sp³-hybridized carbons (Fsp3) is 0.132. The molecule has 0 saturated heterocycles. The molecule has 0 aliphatic heterocycles. The number of aliphatic hydroxyl groups is 1. The van der Waals surface area contributed by atoms with Crippen LogP contribution in [-0.2, 0) is 24.0 Å². The molecule has 0 aliphatic carbocycles. The number of para-hydroxylation sites is 4. The molecular formula is C38H34Na4O23. The van der Waals surface area contributed by atoms with Gasteiger partial charge >= 0.3 is 148 Å². The molecule has 23 nitrogen and oxygen atoms in total. The zero-order valence-electron chi connectivity index (χ0n) is 34.8. The fourth-order valence-electron chi connectivity index (χ4n) is 3.51. The van der Waals surface area contributed by atoms with E-state index < -0.39 is 72.2 Å². The summed E-state index contributed by atoms with van der Waals surface area (Å²) in [6, 6.07) is 22.6. The van der Waals surface area contributed by atoms with Crippen LogP contribution in [0.4, 0.5) is 0 Å². The number of phenols is 4. The van der Waals surface area contributed by atoms with Crippen molar-refractivity contribution in [2.45, 2.75) is 31.3 Å². The topological polar surface area (TPSA) is 448 Å². The first-order chi connectivity index (χ1) is 28.3. The number of aliphatic carboxylic acids is 5. The Morgan fingerprint density at radius 1 is 0.369 bits per heavy atom. The molecule has 27 heteroatoms. The van der Waals surface area contributed by atoms with E-state index in [4.69, 9.17) is 51.1 Å². The van der Waals surface area contributed by atoms with E-state index in [0.29, 0.717) is 0 Å². The van der Waals surface area contributed by atoms with Gasteiger partial charge in [0.05, 0.1) is 49.6 Å². The van der Waals surface area contributed by atoms with Crippen molar-refractivity contribution in [3.05, 3.63) is 119 Å². The number of carbonyl (C=O) groups is 9. The van der Waals surface area contributed by atoms with Crippen LogP contribution >= 0.6 is 0 Å². The van der Waals surface area contributed by atoms with Crippen molar-refractivity contribution < 1.29 is 233 Å². The van der Waals surface area contributed by atoms with E-state index in [-0.39, 0.29) is 176 Å². The average Bonchev–Trinajstić information content (AvgIpc) is 3.15. The monoisotopic (exact) mass is 950 g/mol. The molecule has 65 heavy (non-hydrogen) atoms. The van der Waals surface area contributed by atoms with Crippen LogP contribution in [0.5, 0.6) is 23.0 Å². The van der Waals surface area contributed by atoms with Crippen LogP contribution in [0.2, 0.25) is 0 Å². The quantitative estimate of drug-likeness (QED) is 0.0590. The van der Waals surface area contributed by atoms with Crippen molar-refractivity contribution in [1.82, 2.24) is 0 Å². The van der Waals surface area contributed by atoms with Crippen molar-refractivity contribution in [3.8, 4) is 23.0 Å². The van der Waals surface area contributed by atoms with Crippen molar-refractivity contribution >= 4 is 53.7 Å². The molecule has 0 unspecified atom stereocenters. The minimum Gasteiger partial charge on any atom is -0.545 e. The van der Waals surface area contributed by atoms with Crippen molar-refractivity contribution in [1.29, 1.82) is 0 Å². The van der Waals surface area contributed by atoms with Gasteiger partial charge < -0.3 is 90.7 Å².